The van der Waals surface area contributed by atoms with E-state index in [1.54, 1.807) is 66.7 Å². The van der Waals surface area contributed by atoms with Gasteiger partial charge in [-0.25, -0.2) is 4.99 Å². The number of aldehydes is 1. The maximum atomic E-state index is 10.1. The van der Waals surface area contributed by atoms with E-state index in [1.165, 1.54) is 18.5 Å². The second-order valence-corrected chi connectivity index (χ2v) is 7.31. The molecule has 0 fully saturated rings. The average Bonchev–Trinajstić information content (AvgIpc) is 2.86. The number of thiocarbonyl (C=S) groups is 2. The molecule has 3 aromatic rings. The van der Waals surface area contributed by atoms with Gasteiger partial charge in [-0.3, -0.25) is 10.2 Å². The molecule has 0 spiro atoms. The minimum Gasteiger partial charge on any atom is -0.507 e. The minimum absolute atomic E-state index is 0.0347. The fourth-order valence-electron chi connectivity index (χ4n) is 2.09. The van der Waals surface area contributed by atoms with Crippen LogP contribution in [0.1, 0.15) is 21.5 Å². The van der Waals surface area contributed by atoms with Crippen molar-refractivity contribution in [1.29, 1.82) is 0 Å². The Hall–Kier alpha value is -4.19. The highest BCUT2D eigenvalue weighted by Gasteiger charge is 1.97. The number of phenols is 3. The fraction of sp³-hybridized carbons (Fsp3) is 0.0417. The van der Waals surface area contributed by atoms with E-state index >= 15 is 0 Å². The summed E-state index contributed by atoms with van der Waals surface area (Å²) in [5.41, 5.74) is 13.8. The van der Waals surface area contributed by atoms with Crippen LogP contribution in [0.2, 0.25) is 0 Å². The van der Waals surface area contributed by atoms with Crippen molar-refractivity contribution < 1.29 is 20.1 Å². The fourth-order valence-corrected chi connectivity index (χ4v) is 2.20. The first kappa shape index (κ1) is 28.8. The molecule has 0 atom stereocenters. The quantitative estimate of drug-likeness (QED) is 0.131. The predicted molar refractivity (Wildman–Crippen MR) is 146 cm³/mol. The van der Waals surface area contributed by atoms with Gasteiger partial charge in [0.25, 0.3) is 0 Å². The molecule has 182 valence electrons. The molecule has 0 aliphatic rings. The number of nitrogens with one attached hydrogen (secondary N) is 1. The zero-order chi connectivity index (χ0) is 26.1. The van der Waals surface area contributed by atoms with Crippen molar-refractivity contribution in [3.63, 3.8) is 0 Å². The number of hydrazone groups is 1. The molecule has 0 bridgehead atoms. The lowest BCUT2D eigenvalue weighted by molar-refractivity contribution is 0.112. The van der Waals surface area contributed by atoms with E-state index in [2.05, 4.69) is 27.7 Å². The monoisotopic (exact) mass is 511 g/mol. The van der Waals surface area contributed by atoms with Crippen LogP contribution in [-0.4, -0.2) is 50.7 Å². The number of hydrogen-bond acceptors (Lipinski definition) is 8. The summed E-state index contributed by atoms with van der Waals surface area (Å²) in [5.74, 6) is 0.293. The van der Waals surface area contributed by atoms with Gasteiger partial charge in [-0.1, -0.05) is 48.6 Å². The second kappa shape index (κ2) is 16.4. The van der Waals surface area contributed by atoms with Crippen LogP contribution < -0.4 is 16.9 Å². The molecule has 8 N–H and O–H groups in total. The van der Waals surface area contributed by atoms with Crippen LogP contribution in [0.3, 0.4) is 0 Å². The molecule has 0 amide bonds. The minimum atomic E-state index is 0.0347. The summed E-state index contributed by atoms with van der Waals surface area (Å²) in [7, 11) is 0. The molecular weight excluding hydrogens is 486 g/mol. The Balaban J connectivity index is 0.000000359. The number of nitrogens with two attached hydrogens (primary N) is 2. The number of carbonyl (C=O) groups excluding carboxylic acids is 1. The van der Waals surface area contributed by atoms with E-state index in [-0.39, 0.29) is 22.4 Å². The Morgan fingerprint density at radius 3 is 1.57 bits per heavy atom. The molecule has 35 heavy (non-hydrogen) atoms. The van der Waals surface area contributed by atoms with E-state index in [1.807, 2.05) is 0 Å². The molecule has 9 nitrogen and oxygen atoms in total. The van der Waals surface area contributed by atoms with Crippen molar-refractivity contribution in [2.24, 2.45) is 21.6 Å². The van der Waals surface area contributed by atoms with Gasteiger partial charge >= 0.3 is 0 Å². The van der Waals surface area contributed by atoms with Crippen LogP contribution >= 0.6 is 24.4 Å². The standard InChI is InChI=1S/C15H13N3O2S.C7H6O2.C2H6N2S/c19-13-7-3-1-5-11(13)9-16-15(21)18-17-10-12-6-2-4-8-14(12)20;8-5-6-3-1-2-4-7(6)9;3-1-2(4)5/h1-10,19-20H,(H,18,21);1-5,9H;1,3H2,(H2,4,5)/b16-9?,17-10+;;. The number of para-hydroxylation sites is 3. The van der Waals surface area contributed by atoms with E-state index < -0.39 is 0 Å². The van der Waals surface area contributed by atoms with Crippen LogP contribution in [0.5, 0.6) is 17.2 Å². The summed E-state index contributed by atoms with van der Waals surface area (Å²) in [6, 6.07) is 20.0. The molecule has 0 radical (unpaired) electrons. The maximum absolute atomic E-state index is 10.1. The van der Waals surface area contributed by atoms with Gasteiger partial charge in [-0.05, 0) is 48.6 Å². The summed E-state index contributed by atoms with van der Waals surface area (Å²) >= 11 is 9.33. The summed E-state index contributed by atoms with van der Waals surface area (Å²) in [4.78, 5) is 14.4. The Labute approximate surface area is 213 Å². The third kappa shape index (κ3) is 12.0. The zero-order valence-electron chi connectivity index (χ0n) is 18.5. The average molecular weight is 512 g/mol. The van der Waals surface area contributed by atoms with Crippen LogP contribution in [-0.2, 0) is 0 Å². The maximum Gasteiger partial charge on any atom is 0.213 e. The van der Waals surface area contributed by atoms with Crippen molar-refractivity contribution in [3.05, 3.63) is 89.5 Å². The third-order valence-electron chi connectivity index (χ3n) is 3.82. The molecular formula is C24H25N5O4S2. The number of nitrogens with zero attached hydrogens (tertiary/aromatic N) is 2. The second-order valence-electron chi connectivity index (χ2n) is 6.40. The van der Waals surface area contributed by atoms with E-state index in [0.717, 1.165) is 0 Å². The zero-order valence-corrected chi connectivity index (χ0v) is 20.1. The summed E-state index contributed by atoms with van der Waals surface area (Å²) in [6.45, 7) is 0.315. The lowest BCUT2D eigenvalue weighted by Crippen LogP contribution is -2.19. The molecule has 0 aliphatic heterocycles. The van der Waals surface area contributed by atoms with Crippen LogP contribution in [0.25, 0.3) is 0 Å². The van der Waals surface area contributed by atoms with Crippen molar-refractivity contribution >= 4 is 53.3 Å². The SMILES string of the molecule is NCC(N)=S.O=Cc1ccccc1O.Oc1ccccc1C=NC(=S)N/N=C/c1ccccc1O. The number of carbonyl (C=O) groups is 1. The smallest absolute Gasteiger partial charge is 0.213 e. The lowest BCUT2D eigenvalue weighted by atomic mass is 10.2. The van der Waals surface area contributed by atoms with Crippen molar-refractivity contribution in [2.75, 3.05) is 6.54 Å². The lowest BCUT2D eigenvalue weighted by Gasteiger charge is -1.99. The molecule has 0 unspecified atom stereocenters. The summed E-state index contributed by atoms with van der Waals surface area (Å²) in [5, 5.41) is 32.0. The first-order valence-corrected chi connectivity index (χ1v) is 10.7. The first-order chi connectivity index (χ1) is 16.8. The van der Waals surface area contributed by atoms with Crippen molar-refractivity contribution in [2.45, 2.75) is 0 Å². The first-order valence-electron chi connectivity index (χ1n) is 9.93. The Morgan fingerprint density at radius 1 is 0.800 bits per heavy atom. The highest BCUT2D eigenvalue weighted by Crippen LogP contribution is 2.14. The number of phenolic OH excluding ortho intramolecular Hbond substituents is 3. The number of aromatic hydroxyl groups is 3. The summed E-state index contributed by atoms with van der Waals surface area (Å²) in [6.07, 6.45) is 3.51. The highest BCUT2D eigenvalue weighted by molar-refractivity contribution is 7.80. The summed E-state index contributed by atoms with van der Waals surface area (Å²) < 4.78 is 0. The Bertz CT molecular complexity index is 1190. The van der Waals surface area contributed by atoms with Gasteiger partial charge in [0.1, 0.15) is 17.2 Å². The molecule has 0 saturated heterocycles. The largest absolute Gasteiger partial charge is 0.507 e. The molecule has 0 aliphatic carbocycles. The number of rotatable bonds is 5. The predicted octanol–water partition coefficient (Wildman–Crippen LogP) is 2.86. The van der Waals surface area contributed by atoms with Crippen LogP contribution in [0, 0.1) is 0 Å². The Morgan fingerprint density at radius 2 is 1.20 bits per heavy atom. The molecule has 3 rings (SSSR count). The number of aliphatic imine (C=N–C) groups is 1. The molecule has 0 saturated carbocycles. The van der Waals surface area contributed by atoms with Gasteiger partial charge in [0.05, 0.1) is 16.8 Å². The number of benzene rings is 3. The van der Waals surface area contributed by atoms with Crippen molar-refractivity contribution in [1.82, 2.24) is 5.43 Å². The van der Waals surface area contributed by atoms with Crippen molar-refractivity contribution in [3.8, 4) is 17.2 Å². The molecule has 3 aromatic carbocycles. The topological polar surface area (TPSA) is 167 Å². The third-order valence-corrected chi connectivity index (χ3v) is 4.19. The van der Waals surface area contributed by atoms with Gasteiger partial charge in [-0.15, -0.1) is 0 Å². The van der Waals surface area contributed by atoms with Crippen LogP contribution in [0.4, 0.5) is 0 Å². The van der Waals surface area contributed by atoms with Crippen LogP contribution in [0.15, 0.2) is 82.9 Å². The van der Waals surface area contributed by atoms with Gasteiger partial charge in [-0.2, -0.15) is 5.10 Å². The van der Waals surface area contributed by atoms with E-state index in [9.17, 15) is 15.0 Å². The number of hydrogen-bond donors (Lipinski definition) is 6. The highest BCUT2D eigenvalue weighted by atomic mass is 32.1. The van der Waals surface area contributed by atoms with Gasteiger partial charge in [0.15, 0.2) is 6.29 Å². The van der Waals surface area contributed by atoms with Gasteiger partial charge in [0, 0.05) is 23.9 Å². The van der Waals surface area contributed by atoms with E-state index in [4.69, 9.17) is 28.8 Å². The Kier molecular flexibility index (Phi) is 13.5. The van der Waals surface area contributed by atoms with Gasteiger partial charge in [0.2, 0.25) is 5.11 Å². The van der Waals surface area contributed by atoms with E-state index in [0.29, 0.717) is 34.5 Å². The molecule has 0 heterocycles. The van der Waals surface area contributed by atoms with Gasteiger partial charge < -0.3 is 26.8 Å². The molecule has 11 heteroatoms. The normalized spacial score (nSPS) is 9.97. The molecule has 0 aromatic heterocycles.